The van der Waals surface area contributed by atoms with Gasteiger partial charge in [-0.15, -0.1) is 0 Å². The number of nitrogens with zero attached hydrogens (tertiary/aromatic N) is 2. The average molecular weight is 436 g/mol. The van der Waals surface area contributed by atoms with E-state index in [1.807, 2.05) is 29.8 Å². The van der Waals surface area contributed by atoms with Crippen LogP contribution in [0.25, 0.3) is 0 Å². The van der Waals surface area contributed by atoms with Crippen LogP contribution in [0.3, 0.4) is 0 Å². The van der Waals surface area contributed by atoms with Crippen LogP contribution in [0.4, 0.5) is 0 Å². The van der Waals surface area contributed by atoms with Gasteiger partial charge in [0.25, 0.3) is 5.91 Å². The lowest BCUT2D eigenvalue weighted by Crippen LogP contribution is -2.47. The van der Waals surface area contributed by atoms with Crippen LogP contribution in [-0.4, -0.2) is 34.3 Å². The molecule has 2 fully saturated rings. The summed E-state index contributed by atoms with van der Waals surface area (Å²) in [7, 11) is 0. The van der Waals surface area contributed by atoms with Crippen LogP contribution in [0, 0.1) is 17.8 Å². The Bertz CT molecular complexity index is 984. The van der Waals surface area contributed by atoms with Gasteiger partial charge in [-0.1, -0.05) is 36.8 Å². The number of ether oxygens (including phenoxy) is 1. The summed E-state index contributed by atoms with van der Waals surface area (Å²) in [4.78, 5) is 26.2. The van der Waals surface area contributed by atoms with E-state index in [1.54, 1.807) is 0 Å². The minimum absolute atomic E-state index is 0.123. The van der Waals surface area contributed by atoms with Crippen molar-refractivity contribution in [2.75, 3.05) is 6.61 Å². The monoisotopic (exact) mass is 435 g/mol. The summed E-state index contributed by atoms with van der Waals surface area (Å²) in [6.45, 7) is 2.90. The molecule has 2 bridgehead atoms. The van der Waals surface area contributed by atoms with Gasteiger partial charge < -0.3 is 10.1 Å². The van der Waals surface area contributed by atoms with E-state index in [1.165, 1.54) is 17.7 Å². The van der Waals surface area contributed by atoms with E-state index in [4.69, 9.17) is 9.84 Å². The molecule has 5 rings (SSSR count). The van der Waals surface area contributed by atoms with Crippen LogP contribution in [0.2, 0.25) is 0 Å². The van der Waals surface area contributed by atoms with Gasteiger partial charge in [0, 0.05) is 17.3 Å². The molecular formula is C26H33N3O3. The first-order valence-electron chi connectivity index (χ1n) is 12.3. The third kappa shape index (κ3) is 3.96. The molecule has 1 aromatic heterocycles. The maximum absolute atomic E-state index is 13.5. The van der Waals surface area contributed by atoms with Gasteiger partial charge in [-0.05, 0) is 69.3 Å². The number of carbonyl (C=O) groups excluding carboxylic acids is 2. The second-order valence-electron chi connectivity index (χ2n) is 9.59. The Labute approximate surface area is 189 Å². The molecular weight excluding hydrogens is 402 g/mol. The number of fused-ring (bicyclic) bond motifs is 3. The number of carbonyl (C=O) groups is 2. The Hall–Kier alpha value is -2.63. The average Bonchev–Trinajstić information content (AvgIpc) is 3.43. The first-order valence-corrected chi connectivity index (χ1v) is 12.3. The minimum Gasteiger partial charge on any atom is -0.466 e. The highest BCUT2D eigenvalue weighted by Gasteiger charge is 2.52. The lowest BCUT2D eigenvalue weighted by Gasteiger charge is -2.30. The second kappa shape index (κ2) is 9.08. The van der Waals surface area contributed by atoms with Crippen molar-refractivity contribution < 1.29 is 14.3 Å². The van der Waals surface area contributed by atoms with Crippen LogP contribution in [0.15, 0.2) is 30.3 Å². The topological polar surface area (TPSA) is 73.2 Å². The number of hydrogen-bond acceptors (Lipinski definition) is 4. The molecule has 3 aliphatic rings. The predicted octanol–water partition coefficient (Wildman–Crippen LogP) is 3.91. The molecule has 3 aliphatic carbocycles. The van der Waals surface area contributed by atoms with Crippen molar-refractivity contribution in [3.8, 4) is 0 Å². The molecule has 6 nitrogen and oxygen atoms in total. The summed E-state index contributed by atoms with van der Waals surface area (Å²) in [5.41, 5.74) is 4.05. The molecule has 1 aromatic carbocycles. The molecule has 6 heteroatoms. The smallest absolute Gasteiger partial charge is 0.311 e. The standard InChI is InChI=1S/C26H33N3O3/c1-2-32-26(31)22-18-13-14-19(15-18)23(22)27-25(30)24-20-11-7-4-8-12-21(20)29(28-24)16-17-9-5-3-6-10-17/h3,5-6,9-10,18-19,22-23H,2,4,7-8,11-16H2,1H3,(H,27,30)/t18?,19?,22-,23+/m0/s1. The molecule has 0 saturated heterocycles. The fourth-order valence-corrected chi connectivity index (χ4v) is 6.21. The Balaban J connectivity index is 1.41. The third-order valence-corrected chi connectivity index (χ3v) is 7.67. The zero-order valence-electron chi connectivity index (χ0n) is 18.9. The first-order chi connectivity index (χ1) is 15.7. The molecule has 4 atom stereocenters. The predicted molar refractivity (Wildman–Crippen MR) is 121 cm³/mol. The van der Waals surface area contributed by atoms with E-state index in [-0.39, 0.29) is 23.8 Å². The zero-order chi connectivity index (χ0) is 22.1. The van der Waals surface area contributed by atoms with Gasteiger partial charge in [0.1, 0.15) is 0 Å². The van der Waals surface area contributed by atoms with E-state index in [2.05, 4.69) is 17.4 Å². The normalized spacial score (nSPS) is 26.4. The molecule has 32 heavy (non-hydrogen) atoms. The van der Waals surface area contributed by atoms with Crippen molar-refractivity contribution in [1.82, 2.24) is 15.1 Å². The molecule has 2 unspecified atom stereocenters. The molecule has 1 amide bonds. The highest BCUT2D eigenvalue weighted by Crippen LogP contribution is 2.49. The van der Waals surface area contributed by atoms with Crippen LogP contribution < -0.4 is 5.32 Å². The van der Waals surface area contributed by atoms with E-state index >= 15 is 0 Å². The molecule has 0 spiro atoms. The van der Waals surface area contributed by atoms with Gasteiger partial charge in [0.15, 0.2) is 5.69 Å². The number of aromatic nitrogens is 2. The van der Waals surface area contributed by atoms with Gasteiger partial charge in [0.2, 0.25) is 0 Å². The maximum atomic E-state index is 13.5. The Morgan fingerprint density at radius 1 is 1.09 bits per heavy atom. The summed E-state index contributed by atoms with van der Waals surface area (Å²) >= 11 is 0. The van der Waals surface area contributed by atoms with Crippen molar-refractivity contribution >= 4 is 11.9 Å². The number of esters is 1. The van der Waals surface area contributed by atoms with Crippen molar-refractivity contribution in [3.63, 3.8) is 0 Å². The molecule has 2 aromatic rings. The van der Waals surface area contributed by atoms with Gasteiger partial charge in [-0.25, -0.2) is 0 Å². The third-order valence-electron chi connectivity index (χ3n) is 7.67. The van der Waals surface area contributed by atoms with Gasteiger partial charge >= 0.3 is 5.97 Å². The molecule has 0 aliphatic heterocycles. The quantitative estimate of drug-likeness (QED) is 0.552. The number of nitrogens with one attached hydrogen (secondary N) is 1. The van der Waals surface area contributed by atoms with Crippen LogP contribution in [-0.2, 0) is 28.9 Å². The molecule has 2 saturated carbocycles. The maximum Gasteiger partial charge on any atom is 0.311 e. The van der Waals surface area contributed by atoms with E-state index in [0.29, 0.717) is 30.7 Å². The van der Waals surface area contributed by atoms with E-state index < -0.39 is 0 Å². The minimum atomic E-state index is -0.220. The van der Waals surface area contributed by atoms with Gasteiger partial charge in [-0.3, -0.25) is 14.3 Å². The van der Waals surface area contributed by atoms with E-state index in [0.717, 1.165) is 50.5 Å². The molecule has 170 valence electrons. The molecule has 0 radical (unpaired) electrons. The van der Waals surface area contributed by atoms with Gasteiger partial charge in [-0.2, -0.15) is 5.10 Å². The molecule has 1 N–H and O–H groups in total. The van der Waals surface area contributed by atoms with Crippen molar-refractivity contribution in [2.24, 2.45) is 17.8 Å². The second-order valence-corrected chi connectivity index (χ2v) is 9.59. The number of amides is 1. The Morgan fingerprint density at radius 3 is 2.69 bits per heavy atom. The van der Waals surface area contributed by atoms with Crippen molar-refractivity contribution in [3.05, 3.63) is 52.8 Å². The largest absolute Gasteiger partial charge is 0.466 e. The highest BCUT2D eigenvalue weighted by atomic mass is 16.5. The van der Waals surface area contributed by atoms with Crippen molar-refractivity contribution in [1.29, 1.82) is 0 Å². The fourth-order valence-electron chi connectivity index (χ4n) is 6.21. The van der Waals surface area contributed by atoms with Crippen LogP contribution in [0.1, 0.15) is 72.8 Å². The Morgan fingerprint density at radius 2 is 1.88 bits per heavy atom. The summed E-state index contributed by atoms with van der Waals surface area (Å²) < 4.78 is 7.40. The molecule has 1 heterocycles. The lowest BCUT2D eigenvalue weighted by molar-refractivity contribution is -0.150. The number of rotatable bonds is 6. The fraction of sp³-hybridized carbons (Fsp3) is 0.577. The lowest BCUT2D eigenvalue weighted by atomic mass is 9.84. The van der Waals surface area contributed by atoms with Crippen LogP contribution >= 0.6 is 0 Å². The SMILES string of the molecule is CCOC(=O)[C@H]1C2CCC(C2)[C@H]1NC(=O)c1nn(Cc2ccccc2)c2c1CCCCC2. The number of benzene rings is 1. The summed E-state index contributed by atoms with van der Waals surface area (Å²) in [5.74, 6) is 0.198. The Kier molecular flexibility index (Phi) is 6.03. The highest BCUT2D eigenvalue weighted by molar-refractivity contribution is 5.94. The van der Waals surface area contributed by atoms with Gasteiger partial charge in [0.05, 0.1) is 19.1 Å². The summed E-state index contributed by atoms with van der Waals surface area (Å²) in [5, 5.41) is 8.08. The first kappa shape index (κ1) is 21.2. The zero-order valence-corrected chi connectivity index (χ0v) is 18.9. The summed E-state index contributed by atoms with van der Waals surface area (Å²) in [6, 6.07) is 10.2. The number of hydrogen-bond donors (Lipinski definition) is 1. The van der Waals surface area contributed by atoms with Crippen LogP contribution in [0.5, 0.6) is 0 Å². The summed E-state index contributed by atoms with van der Waals surface area (Å²) in [6.07, 6.45) is 8.39. The van der Waals surface area contributed by atoms with E-state index in [9.17, 15) is 9.59 Å². The van der Waals surface area contributed by atoms with Crippen molar-refractivity contribution in [2.45, 2.75) is 70.9 Å².